The molecule has 0 aliphatic heterocycles. The third kappa shape index (κ3) is 5.59. The van der Waals surface area contributed by atoms with Gasteiger partial charge in [-0.15, -0.1) is 0 Å². The van der Waals surface area contributed by atoms with Gasteiger partial charge in [-0.1, -0.05) is 42.1 Å². The van der Waals surface area contributed by atoms with Crippen molar-refractivity contribution in [2.45, 2.75) is 23.6 Å². The van der Waals surface area contributed by atoms with Crippen molar-refractivity contribution in [2.24, 2.45) is 0 Å². The van der Waals surface area contributed by atoms with Crippen LogP contribution in [0.15, 0.2) is 95.1 Å². The van der Waals surface area contributed by atoms with E-state index in [1.165, 1.54) is 17.8 Å². The number of hydrogen-bond acceptors (Lipinski definition) is 8. The van der Waals surface area contributed by atoms with E-state index in [1.54, 1.807) is 19.4 Å². The lowest BCUT2D eigenvalue weighted by Crippen LogP contribution is -2.20. The van der Waals surface area contributed by atoms with E-state index in [1.807, 2.05) is 85.6 Å². The van der Waals surface area contributed by atoms with Gasteiger partial charge in [-0.2, -0.15) is 0 Å². The molecular formula is C29H29N5O2S. The van der Waals surface area contributed by atoms with Gasteiger partial charge >= 0.3 is 0 Å². The fraction of sp³-hybridized carbons (Fsp3) is 0.138. The van der Waals surface area contributed by atoms with Crippen LogP contribution in [0.1, 0.15) is 18.2 Å². The average Bonchev–Trinajstić information content (AvgIpc) is 2.92. The summed E-state index contributed by atoms with van der Waals surface area (Å²) in [7, 11) is 1.73. The van der Waals surface area contributed by atoms with Gasteiger partial charge < -0.3 is 20.4 Å². The molecule has 0 amide bonds. The number of rotatable bonds is 9. The van der Waals surface area contributed by atoms with Crippen LogP contribution in [0.3, 0.4) is 0 Å². The van der Waals surface area contributed by atoms with Gasteiger partial charge in [-0.25, -0.2) is 4.98 Å². The summed E-state index contributed by atoms with van der Waals surface area (Å²) in [6.45, 7) is 4.50. The molecule has 2 aromatic heterocycles. The summed E-state index contributed by atoms with van der Waals surface area (Å²) in [6, 6.07) is 19.5. The van der Waals surface area contributed by atoms with E-state index in [4.69, 9.17) is 5.41 Å². The van der Waals surface area contributed by atoms with Crippen LogP contribution in [0.2, 0.25) is 0 Å². The maximum absolute atomic E-state index is 11.5. The summed E-state index contributed by atoms with van der Waals surface area (Å²) < 4.78 is 0. The van der Waals surface area contributed by atoms with Crippen LogP contribution < -0.4 is 10.2 Å². The fourth-order valence-electron chi connectivity index (χ4n) is 4.01. The Morgan fingerprint density at radius 3 is 2.46 bits per heavy atom. The molecule has 2 heterocycles. The van der Waals surface area contributed by atoms with E-state index in [0.29, 0.717) is 12.2 Å². The van der Waals surface area contributed by atoms with Crippen molar-refractivity contribution >= 4 is 28.8 Å². The molecule has 0 saturated carbocycles. The largest absolute Gasteiger partial charge is 0.504 e. The van der Waals surface area contributed by atoms with Crippen molar-refractivity contribution in [3.63, 3.8) is 0 Å². The van der Waals surface area contributed by atoms with Crippen LogP contribution in [-0.4, -0.2) is 39.5 Å². The number of allylic oxidation sites excluding steroid dienone is 1. The van der Waals surface area contributed by atoms with Gasteiger partial charge in [0.1, 0.15) is 16.3 Å². The van der Waals surface area contributed by atoms with E-state index in [0.717, 1.165) is 27.3 Å². The first-order valence-corrected chi connectivity index (χ1v) is 12.7. The molecule has 0 atom stereocenters. The average molecular weight is 512 g/mol. The van der Waals surface area contributed by atoms with Crippen molar-refractivity contribution in [3.05, 3.63) is 96.6 Å². The van der Waals surface area contributed by atoms with Gasteiger partial charge in [0.05, 0.1) is 5.71 Å². The normalized spacial score (nSPS) is 11.0. The maximum atomic E-state index is 11.5. The SMILES string of the molecule is CCN(c1ccccc1)c1c(C(=N)/C=C\NC)nc(O)c(Sc2ccc(-c3ccncc3C)cc2)c1O. The molecule has 4 aromatic rings. The molecule has 7 nitrogen and oxygen atoms in total. The topological polar surface area (TPSA) is 105 Å². The number of para-hydroxylation sites is 1. The van der Waals surface area contributed by atoms with Gasteiger partial charge in [0.2, 0.25) is 5.88 Å². The van der Waals surface area contributed by atoms with Crippen molar-refractivity contribution in [1.29, 1.82) is 5.41 Å². The smallest absolute Gasteiger partial charge is 0.229 e. The molecule has 8 heteroatoms. The van der Waals surface area contributed by atoms with Crippen LogP contribution >= 0.6 is 11.8 Å². The Morgan fingerprint density at radius 2 is 1.81 bits per heavy atom. The number of benzene rings is 2. The lowest BCUT2D eigenvalue weighted by molar-refractivity contribution is 0.412. The Hall–Kier alpha value is -4.30. The second-order valence-corrected chi connectivity index (χ2v) is 9.33. The van der Waals surface area contributed by atoms with Crippen molar-refractivity contribution in [1.82, 2.24) is 15.3 Å². The van der Waals surface area contributed by atoms with Crippen LogP contribution in [0.5, 0.6) is 11.6 Å². The Balaban J connectivity index is 1.78. The third-order valence-corrected chi connectivity index (χ3v) is 6.90. The first-order chi connectivity index (χ1) is 17.9. The summed E-state index contributed by atoms with van der Waals surface area (Å²) >= 11 is 1.22. The van der Waals surface area contributed by atoms with Crippen LogP contribution in [0.25, 0.3) is 11.1 Å². The molecule has 37 heavy (non-hydrogen) atoms. The number of aromatic nitrogens is 2. The number of nitrogens with zero attached hydrogens (tertiary/aromatic N) is 3. The van der Waals surface area contributed by atoms with Crippen molar-refractivity contribution < 1.29 is 10.2 Å². The van der Waals surface area contributed by atoms with Crippen LogP contribution in [0.4, 0.5) is 11.4 Å². The second-order valence-electron chi connectivity index (χ2n) is 8.24. The minimum atomic E-state index is -0.331. The molecule has 188 valence electrons. The number of nitrogens with one attached hydrogen (secondary N) is 2. The minimum absolute atomic E-state index is 0.0537. The zero-order chi connectivity index (χ0) is 26.4. The van der Waals surface area contributed by atoms with Crippen molar-refractivity contribution in [3.8, 4) is 22.8 Å². The molecule has 0 saturated heterocycles. The molecule has 0 unspecified atom stereocenters. The molecule has 0 bridgehead atoms. The highest BCUT2D eigenvalue weighted by molar-refractivity contribution is 7.99. The number of hydrogen-bond donors (Lipinski definition) is 4. The summed E-state index contributed by atoms with van der Waals surface area (Å²) in [5, 5.41) is 33.8. The number of aromatic hydroxyl groups is 2. The molecular weight excluding hydrogens is 482 g/mol. The summed E-state index contributed by atoms with van der Waals surface area (Å²) in [6.07, 6.45) is 6.75. The Morgan fingerprint density at radius 1 is 1.08 bits per heavy atom. The lowest BCUT2D eigenvalue weighted by atomic mass is 10.0. The molecule has 0 radical (unpaired) electrons. The van der Waals surface area contributed by atoms with E-state index < -0.39 is 0 Å². The zero-order valence-electron chi connectivity index (χ0n) is 20.9. The predicted octanol–water partition coefficient (Wildman–Crippen LogP) is 6.27. The van der Waals surface area contributed by atoms with Gasteiger partial charge in [0, 0.05) is 36.6 Å². The highest BCUT2D eigenvalue weighted by Crippen LogP contribution is 2.48. The zero-order valence-corrected chi connectivity index (χ0v) is 21.8. The molecule has 4 rings (SSSR count). The highest BCUT2D eigenvalue weighted by Gasteiger charge is 2.26. The Bertz CT molecular complexity index is 1420. The van der Waals surface area contributed by atoms with E-state index in [-0.39, 0.29) is 27.9 Å². The van der Waals surface area contributed by atoms with Gasteiger partial charge in [-0.3, -0.25) is 10.4 Å². The fourth-order valence-corrected chi connectivity index (χ4v) is 4.85. The second kappa shape index (κ2) is 11.6. The molecule has 2 aromatic carbocycles. The lowest BCUT2D eigenvalue weighted by Gasteiger charge is -2.27. The summed E-state index contributed by atoms with van der Waals surface area (Å²) in [5.74, 6) is -0.461. The van der Waals surface area contributed by atoms with Crippen LogP contribution in [-0.2, 0) is 0 Å². The van der Waals surface area contributed by atoms with E-state index in [2.05, 4.69) is 15.3 Å². The standard InChI is InChI=1S/C29H29N5O2S/c1-4-34(21-8-6-5-7-9-21)26-25(24(30)15-16-31-3)33-29(36)28(27(26)35)37-22-12-10-20(11-13-22)23-14-17-32-18-19(23)2/h5-18,30-31H,4H2,1-3H3,(H2,33,35,36)/b16-15-,30-24?. The van der Waals surface area contributed by atoms with Gasteiger partial charge in [-0.05, 0) is 73.1 Å². The Labute approximate surface area is 221 Å². The predicted molar refractivity (Wildman–Crippen MR) is 150 cm³/mol. The summed E-state index contributed by atoms with van der Waals surface area (Å²) in [4.78, 5) is 11.5. The number of anilines is 2. The summed E-state index contributed by atoms with van der Waals surface area (Å²) in [5.41, 5.74) is 4.67. The first kappa shape index (κ1) is 25.8. The maximum Gasteiger partial charge on any atom is 0.229 e. The number of aryl methyl sites for hydroxylation is 1. The molecule has 0 aliphatic carbocycles. The van der Waals surface area contributed by atoms with Crippen LogP contribution in [0, 0.1) is 12.3 Å². The minimum Gasteiger partial charge on any atom is -0.504 e. The van der Waals surface area contributed by atoms with Gasteiger partial charge in [0.25, 0.3) is 0 Å². The molecule has 0 fully saturated rings. The molecule has 4 N–H and O–H groups in total. The number of pyridine rings is 2. The first-order valence-electron chi connectivity index (χ1n) is 11.8. The Kier molecular flexibility index (Phi) is 8.10. The van der Waals surface area contributed by atoms with E-state index in [9.17, 15) is 10.2 Å². The quantitative estimate of drug-likeness (QED) is 0.196. The highest BCUT2D eigenvalue weighted by atomic mass is 32.2. The molecule has 0 spiro atoms. The van der Waals surface area contributed by atoms with Crippen molar-refractivity contribution in [2.75, 3.05) is 18.5 Å². The van der Waals surface area contributed by atoms with Gasteiger partial charge in [0.15, 0.2) is 5.75 Å². The molecule has 0 aliphatic rings. The third-order valence-electron chi connectivity index (χ3n) is 5.82. The monoisotopic (exact) mass is 511 g/mol. The van der Waals surface area contributed by atoms with E-state index >= 15 is 0 Å².